The van der Waals surface area contributed by atoms with Crippen LogP contribution < -0.4 is 16.0 Å². The molecule has 0 spiro atoms. The number of aromatic nitrogens is 1. The lowest BCUT2D eigenvalue weighted by atomic mass is 9.96. The number of rotatable bonds is 5. The molecular weight excluding hydrogens is 477 g/mol. The van der Waals surface area contributed by atoms with Gasteiger partial charge in [-0.05, 0) is 80.1 Å². The van der Waals surface area contributed by atoms with Gasteiger partial charge in [0, 0.05) is 46.5 Å². The van der Waals surface area contributed by atoms with Crippen molar-refractivity contribution in [2.45, 2.75) is 50.9 Å². The molecule has 1 aromatic heterocycles. The van der Waals surface area contributed by atoms with E-state index in [0.29, 0.717) is 28.1 Å². The molecule has 1 heterocycles. The molecule has 1 amide bonds. The molecule has 2 aromatic carbocycles. The van der Waals surface area contributed by atoms with Crippen molar-refractivity contribution in [1.82, 2.24) is 10.3 Å². The maximum atomic E-state index is 13.5. The van der Waals surface area contributed by atoms with E-state index in [0.717, 1.165) is 31.0 Å². The third-order valence-electron chi connectivity index (χ3n) is 6.66. The minimum Gasteiger partial charge on any atom is -0.388 e. The number of carbonyl (C=O) groups is 1. The van der Waals surface area contributed by atoms with E-state index in [-0.39, 0.29) is 29.4 Å². The number of hydrogen-bond donors (Lipinski definition) is 3. The highest BCUT2D eigenvalue weighted by atomic mass is 35.5. The normalized spacial score (nSPS) is 20.8. The number of alkyl halides is 3. The second-order valence-corrected chi connectivity index (χ2v) is 9.53. The molecule has 0 bridgehead atoms. The molecule has 1 fully saturated rings. The van der Waals surface area contributed by atoms with Gasteiger partial charge >= 0.3 is 6.18 Å². The van der Waals surface area contributed by atoms with Gasteiger partial charge in [0.1, 0.15) is 5.69 Å². The van der Waals surface area contributed by atoms with Crippen molar-refractivity contribution < 1.29 is 18.0 Å². The van der Waals surface area contributed by atoms with Gasteiger partial charge in [0.05, 0.1) is 5.52 Å². The van der Waals surface area contributed by atoms with Crippen LogP contribution in [0.25, 0.3) is 10.9 Å². The van der Waals surface area contributed by atoms with Crippen molar-refractivity contribution in [3.05, 3.63) is 64.8 Å². The first-order valence-electron chi connectivity index (χ1n) is 11.7. The summed E-state index contributed by atoms with van der Waals surface area (Å²) in [6, 6.07) is 12.9. The average Bonchev–Trinajstić information content (AvgIpc) is 3.00. The highest BCUT2D eigenvalue weighted by molar-refractivity contribution is 6.31. The van der Waals surface area contributed by atoms with Crippen LogP contribution in [0, 0.1) is 5.92 Å². The van der Waals surface area contributed by atoms with Crippen molar-refractivity contribution in [3.63, 3.8) is 0 Å². The van der Waals surface area contributed by atoms with Crippen LogP contribution in [0.3, 0.4) is 0 Å². The first kappa shape index (κ1) is 25.1. The monoisotopic (exact) mass is 504 g/mol. The summed E-state index contributed by atoms with van der Waals surface area (Å²) in [4.78, 5) is 16.6. The summed E-state index contributed by atoms with van der Waals surface area (Å²) in [5.74, 6) is 0.109. The molecule has 5 nitrogen and oxygen atoms in total. The van der Waals surface area contributed by atoms with E-state index in [9.17, 15) is 18.0 Å². The SMILES string of the molecule is CNc1ccc(C(=O)N[C@H]2CC[C@@H](Nc3cc(C(F)(F)F)nc4ccc(Cl)cc34)CCC2C)cc1. The Morgan fingerprint density at radius 3 is 2.43 bits per heavy atom. The van der Waals surface area contributed by atoms with E-state index in [1.807, 2.05) is 19.2 Å². The zero-order valence-electron chi connectivity index (χ0n) is 19.5. The molecule has 0 radical (unpaired) electrons. The summed E-state index contributed by atoms with van der Waals surface area (Å²) in [6.45, 7) is 2.10. The number of pyridine rings is 1. The Morgan fingerprint density at radius 2 is 1.74 bits per heavy atom. The number of fused-ring (bicyclic) bond motifs is 1. The fourth-order valence-electron chi connectivity index (χ4n) is 4.56. The zero-order chi connectivity index (χ0) is 25.2. The molecule has 0 saturated heterocycles. The standard InChI is InChI=1S/C26H28ClF3N4O/c1-15-3-7-19(10-12-21(15)34-25(35)16-4-8-18(31-2)9-5-16)32-23-14-24(26(28,29)30)33-22-11-6-17(27)13-20(22)23/h4-6,8-9,11,13-15,19,21,31H,3,7,10,12H2,1-2H3,(H,32,33)(H,34,35)/t15?,19-,21-/m0/s1. The van der Waals surface area contributed by atoms with Gasteiger partial charge in [-0.15, -0.1) is 0 Å². The quantitative estimate of drug-likeness (QED) is 0.337. The molecule has 1 aliphatic carbocycles. The van der Waals surface area contributed by atoms with Gasteiger partial charge in [-0.25, -0.2) is 4.98 Å². The number of anilines is 2. The number of benzene rings is 2. The predicted octanol–water partition coefficient (Wildman–Crippen LogP) is 6.74. The van der Waals surface area contributed by atoms with E-state index >= 15 is 0 Å². The summed E-state index contributed by atoms with van der Waals surface area (Å²) < 4.78 is 40.4. The number of nitrogens with one attached hydrogen (secondary N) is 3. The van der Waals surface area contributed by atoms with Crippen LogP contribution in [0.1, 0.15) is 48.7 Å². The number of amides is 1. The fraction of sp³-hybridized carbons (Fsp3) is 0.385. The highest BCUT2D eigenvalue weighted by Gasteiger charge is 2.34. The van der Waals surface area contributed by atoms with E-state index in [4.69, 9.17) is 11.6 Å². The smallest absolute Gasteiger partial charge is 0.388 e. The second kappa shape index (κ2) is 10.3. The molecule has 186 valence electrons. The third kappa shape index (κ3) is 5.99. The van der Waals surface area contributed by atoms with Gasteiger partial charge in [-0.2, -0.15) is 13.2 Å². The van der Waals surface area contributed by atoms with Crippen LogP contribution in [-0.2, 0) is 6.18 Å². The average molecular weight is 505 g/mol. The molecule has 1 aliphatic rings. The van der Waals surface area contributed by atoms with E-state index in [1.165, 1.54) is 12.1 Å². The van der Waals surface area contributed by atoms with Crippen molar-refractivity contribution >= 4 is 39.8 Å². The van der Waals surface area contributed by atoms with Crippen LogP contribution in [0.15, 0.2) is 48.5 Å². The van der Waals surface area contributed by atoms with Crippen LogP contribution in [-0.4, -0.2) is 30.0 Å². The topological polar surface area (TPSA) is 66.1 Å². The molecule has 3 atom stereocenters. The molecule has 9 heteroatoms. The van der Waals surface area contributed by atoms with Crippen LogP contribution >= 0.6 is 11.6 Å². The lowest BCUT2D eigenvalue weighted by Gasteiger charge is -2.23. The first-order valence-corrected chi connectivity index (χ1v) is 12.0. The van der Waals surface area contributed by atoms with Gasteiger partial charge in [-0.3, -0.25) is 4.79 Å². The van der Waals surface area contributed by atoms with Crippen molar-refractivity contribution in [2.24, 2.45) is 5.92 Å². The molecule has 4 rings (SSSR count). The van der Waals surface area contributed by atoms with Gasteiger partial charge < -0.3 is 16.0 Å². The Hall–Kier alpha value is -3.00. The van der Waals surface area contributed by atoms with Crippen molar-refractivity contribution in [1.29, 1.82) is 0 Å². The number of hydrogen-bond acceptors (Lipinski definition) is 4. The Balaban J connectivity index is 1.49. The van der Waals surface area contributed by atoms with E-state index in [1.54, 1.807) is 18.2 Å². The van der Waals surface area contributed by atoms with Crippen LogP contribution in [0.5, 0.6) is 0 Å². The minimum absolute atomic E-state index is 0.0207. The largest absolute Gasteiger partial charge is 0.433 e. The second-order valence-electron chi connectivity index (χ2n) is 9.09. The van der Waals surface area contributed by atoms with Gasteiger partial charge in [0.2, 0.25) is 0 Å². The lowest BCUT2D eigenvalue weighted by molar-refractivity contribution is -0.140. The van der Waals surface area contributed by atoms with Crippen molar-refractivity contribution in [3.8, 4) is 0 Å². The summed E-state index contributed by atoms with van der Waals surface area (Å²) in [6.07, 6.45) is -1.52. The lowest BCUT2D eigenvalue weighted by Crippen LogP contribution is -2.38. The molecule has 3 N–H and O–H groups in total. The summed E-state index contributed by atoms with van der Waals surface area (Å²) >= 11 is 6.12. The predicted molar refractivity (Wildman–Crippen MR) is 134 cm³/mol. The Kier molecular flexibility index (Phi) is 7.40. The van der Waals surface area contributed by atoms with Crippen molar-refractivity contribution in [2.75, 3.05) is 17.7 Å². The first-order chi connectivity index (χ1) is 16.6. The zero-order valence-corrected chi connectivity index (χ0v) is 20.3. The molecule has 1 saturated carbocycles. The maximum Gasteiger partial charge on any atom is 0.433 e. The van der Waals surface area contributed by atoms with Crippen LogP contribution in [0.2, 0.25) is 5.02 Å². The highest BCUT2D eigenvalue weighted by Crippen LogP contribution is 2.35. The number of nitrogens with zero attached hydrogens (tertiary/aromatic N) is 1. The number of halogens is 4. The fourth-order valence-corrected chi connectivity index (χ4v) is 4.73. The third-order valence-corrected chi connectivity index (χ3v) is 6.89. The minimum atomic E-state index is -4.55. The molecule has 1 unspecified atom stereocenters. The Bertz CT molecular complexity index is 1200. The molecular formula is C26H28ClF3N4O. The Morgan fingerprint density at radius 1 is 1.03 bits per heavy atom. The van der Waals surface area contributed by atoms with E-state index < -0.39 is 11.9 Å². The van der Waals surface area contributed by atoms with E-state index in [2.05, 4.69) is 27.9 Å². The van der Waals surface area contributed by atoms with Gasteiger partial charge in [0.25, 0.3) is 5.91 Å². The summed E-state index contributed by atoms with van der Waals surface area (Å²) in [5, 5.41) is 10.5. The molecule has 0 aliphatic heterocycles. The number of carbonyl (C=O) groups excluding carboxylic acids is 1. The van der Waals surface area contributed by atoms with Gasteiger partial charge in [-0.1, -0.05) is 18.5 Å². The molecule has 35 heavy (non-hydrogen) atoms. The summed E-state index contributed by atoms with van der Waals surface area (Å²) in [5.41, 5.74) is 1.19. The summed E-state index contributed by atoms with van der Waals surface area (Å²) in [7, 11) is 1.82. The molecule has 3 aromatic rings. The maximum absolute atomic E-state index is 13.5. The van der Waals surface area contributed by atoms with Gasteiger partial charge in [0.15, 0.2) is 0 Å². The van der Waals surface area contributed by atoms with Crippen LogP contribution in [0.4, 0.5) is 24.5 Å². The Labute approximate surface area is 207 Å².